The number of nitrogens with one attached hydrogen (secondary N) is 1. The molecular weight excluding hydrogens is 286 g/mol. The number of ether oxygens (including phenoxy) is 1. The Bertz CT molecular complexity index is 468. The van der Waals surface area contributed by atoms with Crippen molar-refractivity contribution in [3.8, 4) is 0 Å². The Labute approximate surface area is 130 Å². The second-order valence-electron chi connectivity index (χ2n) is 5.79. The molecule has 1 N–H and O–H groups in total. The first-order chi connectivity index (χ1) is 9.81. The van der Waals surface area contributed by atoms with E-state index in [1.165, 1.54) is 11.8 Å². The van der Waals surface area contributed by atoms with Crippen molar-refractivity contribution in [1.29, 1.82) is 0 Å². The Morgan fingerprint density at radius 1 is 1.24 bits per heavy atom. The van der Waals surface area contributed by atoms with Crippen molar-refractivity contribution in [3.63, 3.8) is 0 Å². The molecule has 1 amide bonds. The number of carbonyl (C=O) groups excluding carboxylic acids is 2. The molecule has 1 rings (SSSR count). The SMILES string of the molecule is CSCC(=O)[C@@H](Cc1ccccc1)NC(=O)OC(C)(C)C. The van der Waals surface area contributed by atoms with Crippen LogP contribution in [0, 0.1) is 0 Å². The van der Waals surface area contributed by atoms with Gasteiger partial charge in [-0.15, -0.1) is 0 Å². The average molecular weight is 309 g/mol. The predicted molar refractivity (Wildman–Crippen MR) is 86.7 cm³/mol. The molecular formula is C16H23NO3S. The molecule has 0 saturated carbocycles. The van der Waals surface area contributed by atoms with Gasteiger partial charge in [0, 0.05) is 0 Å². The summed E-state index contributed by atoms with van der Waals surface area (Å²) in [6, 6.07) is 9.07. The van der Waals surface area contributed by atoms with Crippen molar-refractivity contribution >= 4 is 23.6 Å². The van der Waals surface area contributed by atoms with Crippen LogP contribution in [-0.2, 0) is 16.0 Å². The van der Waals surface area contributed by atoms with Gasteiger partial charge in [0.05, 0.1) is 11.8 Å². The zero-order valence-corrected chi connectivity index (χ0v) is 13.8. The Morgan fingerprint density at radius 2 is 1.86 bits per heavy atom. The zero-order valence-electron chi connectivity index (χ0n) is 13.0. The molecule has 0 fully saturated rings. The third-order valence-electron chi connectivity index (χ3n) is 2.65. The van der Waals surface area contributed by atoms with Gasteiger partial charge in [-0.2, -0.15) is 11.8 Å². The first-order valence-corrected chi connectivity index (χ1v) is 8.26. The van der Waals surface area contributed by atoms with Crippen LogP contribution in [0.3, 0.4) is 0 Å². The highest BCUT2D eigenvalue weighted by Gasteiger charge is 2.24. The fourth-order valence-electron chi connectivity index (χ4n) is 1.79. The number of hydrogen-bond acceptors (Lipinski definition) is 4. The van der Waals surface area contributed by atoms with Crippen molar-refractivity contribution in [3.05, 3.63) is 35.9 Å². The molecule has 0 saturated heterocycles. The first kappa shape index (κ1) is 17.6. The van der Waals surface area contributed by atoms with Gasteiger partial charge in [0.25, 0.3) is 0 Å². The van der Waals surface area contributed by atoms with E-state index < -0.39 is 17.7 Å². The lowest BCUT2D eigenvalue weighted by molar-refractivity contribution is -0.118. The average Bonchev–Trinajstić information content (AvgIpc) is 2.37. The highest BCUT2D eigenvalue weighted by atomic mass is 32.2. The third kappa shape index (κ3) is 7.18. The molecule has 0 unspecified atom stereocenters. The monoisotopic (exact) mass is 309 g/mol. The molecule has 0 spiro atoms. The molecule has 0 aliphatic carbocycles. The molecule has 116 valence electrons. The summed E-state index contributed by atoms with van der Waals surface area (Å²) in [5.74, 6) is 0.366. The standard InChI is InChI=1S/C16H23NO3S/c1-16(2,3)20-15(19)17-13(14(18)11-21-4)10-12-8-6-5-7-9-12/h5-9,13H,10-11H2,1-4H3,(H,17,19)/t13-/m1/s1. The number of carbonyl (C=O) groups is 2. The van der Waals surface area contributed by atoms with E-state index in [1.54, 1.807) is 20.8 Å². The maximum absolute atomic E-state index is 12.2. The van der Waals surface area contributed by atoms with Gasteiger partial charge in [-0.25, -0.2) is 4.79 Å². The van der Waals surface area contributed by atoms with E-state index in [0.717, 1.165) is 5.56 Å². The van der Waals surface area contributed by atoms with Gasteiger partial charge in [0.15, 0.2) is 5.78 Å². The highest BCUT2D eigenvalue weighted by Crippen LogP contribution is 2.10. The molecule has 0 radical (unpaired) electrons. The number of alkyl carbamates (subject to hydrolysis) is 1. The Hall–Kier alpha value is -1.49. The smallest absolute Gasteiger partial charge is 0.408 e. The van der Waals surface area contributed by atoms with Gasteiger partial charge in [0.2, 0.25) is 0 Å². The summed E-state index contributed by atoms with van der Waals surface area (Å²) >= 11 is 1.45. The summed E-state index contributed by atoms with van der Waals surface area (Å²) in [6.07, 6.45) is 1.78. The lowest BCUT2D eigenvalue weighted by Crippen LogP contribution is -2.45. The van der Waals surface area contributed by atoms with Gasteiger partial charge in [-0.05, 0) is 39.0 Å². The molecule has 0 bridgehead atoms. The minimum atomic E-state index is -0.579. The van der Waals surface area contributed by atoms with Crippen molar-refractivity contribution in [2.45, 2.75) is 38.8 Å². The van der Waals surface area contributed by atoms with E-state index in [0.29, 0.717) is 12.2 Å². The van der Waals surface area contributed by atoms with E-state index in [9.17, 15) is 9.59 Å². The van der Waals surface area contributed by atoms with E-state index in [4.69, 9.17) is 4.74 Å². The van der Waals surface area contributed by atoms with Crippen molar-refractivity contribution < 1.29 is 14.3 Å². The zero-order chi connectivity index (χ0) is 15.9. The second kappa shape index (κ2) is 8.08. The van der Waals surface area contributed by atoms with Crippen LogP contribution in [0.5, 0.6) is 0 Å². The Morgan fingerprint density at radius 3 is 2.38 bits per heavy atom. The third-order valence-corrected chi connectivity index (χ3v) is 3.22. The molecule has 0 aromatic heterocycles. The second-order valence-corrected chi connectivity index (χ2v) is 6.65. The molecule has 5 heteroatoms. The van der Waals surface area contributed by atoms with Crippen LogP contribution < -0.4 is 5.32 Å². The number of amides is 1. The normalized spacial score (nSPS) is 12.6. The molecule has 21 heavy (non-hydrogen) atoms. The number of ketones is 1. The number of hydrogen-bond donors (Lipinski definition) is 1. The maximum Gasteiger partial charge on any atom is 0.408 e. The summed E-state index contributed by atoms with van der Waals surface area (Å²) < 4.78 is 5.23. The number of thioether (sulfide) groups is 1. The summed E-state index contributed by atoms with van der Waals surface area (Å²) in [5.41, 5.74) is 0.428. The van der Waals surface area contributed by atoms with E-state index >= 15 is 0 Å². The lowest BCUT2D eigenvalue weighted by Gasteiger charge is -2.23. The minimum absolute atomic E-state index is 0.00258. The van der Waals surface area contributed by atoms with Crippen LogP contribution in [0.1, 0.15) is 26.3 Å². The minimum Gasteiger partial charge on any atom is -0.444 e. The molecule has 4 nitrogen and oxygen atoms in total. The maximum atomic E-state index is 12.2. The van der Waals surface area contributed by atoms with Crippen LogP contribution in [0.25, 0.3) is 0 Å². The van der Waals surface area contributed by atoms with Crippen LogP contribution in [0.15, 0.2) is 30.3 Å². The lowest BCUT2D eigenvalue weighted by atomic mass is 10.0. The molecule has 0 aliphatic heterocycles. The molecule has 0 heterocycles. The van der Waals surface area contributed by atoms with Gasteiger partial charge >= 0.3 is 6.09 Å². The van der Waals surface area contributed by atoms with Crippen LogP contribution in [0.4, 0.5) is 4.79 Å². The van der Waals surface area contributed by atoms with E-state index in [2.05, 4.69) is 5.32 Å². The van der Waals surface area contributed by atoms with Crippen LogP contribution in [-0.4, -0.2) is 35.5 Å². The first-order valence-electron chi connectivity index (χ1n) is 6.87. The fourth-order valence-corrected chi connectivity index (χ4v) is 2.27. The quantitative estimate of drug-likeness (QED) is 0.877. The number of rotatable bonds is 6. The molecule has 0 aliphatic rings. The fraction of sp³-hybridized carbons (Fsp3) is 0.500. The topological polar surface area (TPSA) is 55.4 Å². The van der Waals surface area contributed by atoms with Crippen molar-refractivity contribution in [1.82, 2.24) is 5.32 Å². The van der Waals surface area contributed by atoms with E-state index in [-0.39, 0.29) is 5.78 Å². The summed E-state index contributed by atoms with van der Waals surface area (Å²) in [6.45, 7) is 5.38. The molecule has 1 aromatic rings. The van der Waals surface area contributed by atoms with E-state index in [1.807, 2.05) is 36.6 Å². The van der Waals surface area contributed by atoms with Gasteiger partial charge < -0.3 is 10.1 Å². The molecule has 1 aromatic carbocycles. The Kier molecular flexibility index (Phi) is 6.75. The Balaban J connectivity index is 2.73. The highest BCUT2D eigenvalue weighted by molar-refractivity contribution is 7.99. The van der Waals surface area contributed by atoms with Gasteiger partial charge in [-0.1, -0.05) is 30.3 Å². The largest absolute Gasteiger partial charge is 0.444 e. The summed E-state index contributed by atoms with van der Waals surface area (Å²) in [5, 5.41) is 2.68. The van der Waals surface area contributed by atoms with Gasteiger partial charge in [0.1, 0.15) is 5.60 Å². The number of Topliss-reactive ketones (excluding diaryl/α,β-unsaturated/α-hetero) is 1. The van der Waals surface area contributed by atoms with Crippen molar-refractivity contribution in [2.24, 2.45) is 0 Å². The summed E-state index contributed by atoms with van der Waals surface area (Å²) in [4.78, 5) is 24.0. The van der Waals surface area contributed by atoms with Crippen LogP contribution in [0.2, 0.25) is 0 Å². The summed E-state index contributed by atoms with van der Waals surface area (Å²) in [7, 11) is 0. The van der Waals surface area contributed by atoms with Gasteiger partial charge in [-0.3, -0.25) is 4.79 Å². The number of benzene rings is 1. The predicted octanol–water partition coefficient (Wildman–Crippen LogP) is 3.05. The van der Waals surface area contributed by atoms with Crippen molar-refractivity contribution in [2.75, 3.05) is 12.0 Å². The van der Waals surface area contributed by atoms with Crippen LogP contribution >= 0.6 is 11.8 Å². The molecule has 1 atom stereocenters.